The smallest absolute Gasteiger partial charge is 0.246 e. The maximum Gasteiger partial charge on any atom is 0.246 e. The summed E-state index contributed by atoms with van der Waals surface area (Å²) in [5, 5.41) is 5.75. The fraction of sp³-hybridized carbons (Fsp3) is 0.364. The Balaban J connectivity index is 0.000000868. The van der Waals surface area contributed by atoms with E-state index in [0.29, 0.717) is 18.0 Å². The topological polar surface area (TPSA) is 115 Å². The number of aromatic nitrogens is 4. The first-order valence-electron chi connectivity index (χ1n) is 14.7. The molecule has 4 aromatic rings. The number of nitrogen functional groups attached to an aromatic ring is 1. The lowest BCUT2D eigenvalue weighted by Gasteiger charge is -2.32. The first-order chi connectivity index (χ1) is 20.9. The predicted molar refractivity (Wildman–Crippen MR) is 171 cm³/mol. The van der Waals surface area contributed by atoms with Crippen LogP contribution in [0.5, 0.6) is 5.75 Å². The van der Waals surface area contributed by atoms with Crippen molar-refractivity contribution in [2.75, 3.05) is 39.5 Å². The molecule has 0 bridgehead atoms. The first kappa shape index (κ1) is 29.9. The summed E-state index contributed by atoms with van der Waals surface area (Å²) >= 11 is 0. The summed E-state index contributed by atoms with van der Waals surface area (Å²) < 4.78 is 7.31. The van der Waals surface area contributed by atoms with Crippen molar-refractivity contribution >= 4 is 29.0 Å². The molecule has 10 heteroatoms. The molecule has 1 saturated heterocycles. The number of nitrogens with zero attached hydrogens (tertiary/aromatic N) is 7. The number of carbonyl (C=O) groups is 1. The van der Waals surface area contributed by atoms with E-state index in [1.54, 1.807) is 20.4 Å². The number of rotatable bonds is 6. The van der Waals surface area contributed by atoms with Gasteiger partial charge in [-0.3, -0.25) is 9.69 Å². The third-order valence-corrected chi connectivity index (χ3v) is 8.14. The quantitative estimate of drug-likeness (QED) is 0.260. The molecule has 0 aliphatic carbocycles. The molecule has 2 aromatic heterocycles. The van der Waals surface area contributed by atoms with E-state index in [9.17, 15) is 4.79 Å². The number of ether oxygens (including phenoxy) is 1. The number of benzene rings is 2. The molecule has 2 aliphatic rings. The Labute approximate surface area is 252 Å². The third-order valence-electron chi connectivity index (χ3n) is 8.14. The Bertz CT molecular complexity index is 1610. The van der Waals surface area contributed by atoms with Gasteiger partial charge in [0.05, 0.1) is 18.5 Å². The number of anilines is 1. The van der Waals surface area contributed by atoms with E-state index < -0.39 is 0 Å². The van der Waals surface area contributed by atoms with E-state index in [2.05, 4.69) is 62.8 Å². The molecule has 224 valence electrons. The van der Waals surface area contributed by atoms with Gasteiger partial charge in [0.25, 0.3) is 0 Å². The Morgan fingerprint density at radius 2 is 1.95 bits per heavy atom. The maximum absolute atomic E-state index is 12.3. The van der Waals surface area contributed by atoms with Crippen molar-refractivity contribution in [1.82, 2.24) is 29.5 Å². The van der Waals surface area contributed by atoms with Crippen molar-refractivity contribution in [2.45, 2.75) is 45.3 Å². The van der Waals surface area contributed by atoms with Crippen molar-refractivity contribution in [2.24, 2.45) is 4.99 Å². The summed E-state index contributed by atoms with van der Waals surface area (Å²) in [4.78, 5) is 29.0. The number of hydrogen-bond donors (Lipinski definition) is 1. The van der Waals surface area contributed by atoms with Crippen LogP contribution < -0.4 is 10.5 Å². The van der Waals surface area contributed by atoms with Crippen LogP contribution in [0.25, 0.3) is 22.3 Å². The van der Waals surface area contributed by atoms with Gasteiger partial charge in [-0.25, -0.2) is 14.6 Å². The molecule has 1 fully saturated rings. The van der Waals surface area contributed by atoms with Gasteiger partial charge in [-0.05, 0) is 67.3 Å². The molecule has 10 nitrogen and oxygen atoms in total. The van der Waals surface area contributed by atoms with Gasteiger partial charge in [0.2, 0.25) is 5.91 Å². The summed E-state index contributed by atoms with van der Waals surface area (Å²) in [6, 6.07) is 14.9. The maximum atomic E-state index is 12.3. The van der Waals surface area contributed by atoms with Gasteiger partial charge >= 0.3 is 0 Å². The Morgan fingerprint density at radius 1 is 1.16 bits per heavy atom. The van der Waals surface area contributed by atoms with Crippen molar-refractivity contribution < 1.29 is 9.53 Å². The summed E-state index contributed by atoms with van der Waals surface area (Å²) in [7, 11) is 3.46. The van der Waals surface area contributed by atoms with Crippen LogP contribution in [0, 0.1) is 0 Å². The number of carbonyl (C=O) groups excluding carboxylic acids is 1. The van der Waals surface area contributed by atoms with Gasteiger partial charge in [-0.2, -0.15) is 5.10 Å². The third kappa shape index (κ3) is 6.59. The van der Waals surface area contributed by atoms with Gasteiger partial charge in [-0.15, -0.1) is 0 Å². The summed E-state index contributed by atoms with van der Waals surface area (Å²) in [6.07, 6.45) is 7.42. The highest BCUT2D eigenvalue weighted by atomic mass is 16.5. The highest BCUT2D eigenvalue weighted by Gasteiger charge is 2.28. The molecule has 6 rings (SSSR count). The molecule has 0 spiro atoms. The number of nitrogens with two attached hydrogens (primary N) is 1. The second kappa shape index (κ2) is 13.6. The molecule has 4 heterocycles. The number of methoxy groups -OCH3 is 1. The lowest BCUT2D eigenvalue weighted by Crippen LogP contribution is -2.40. The second-order valence-electron chi connectivity index (χ2n) is 10.8. The molecule has 2 N–H and O–H groups in total. The van der Waals surface area contributed by atoms with Crippen LogP contribution in [0.4, 0.5) is 5.82 Å². The van der Waals surface area contributed by atoms with E-state index in [4.69, 9.17) is 15.6 Å². The SMILES string of the molecule is C=CC(=O)N1CCCC(n2nc(-c3ccc(CN4CCc5cc(OC)ccc5C4)cc3)c3c(N)ncnc32)C1.CC=NC. The molecule has 1 amide bonds. The molecule has 43 heavy (non-hydrogen) atoms. The fourth-order valence-corrected chi connectivity index (χ4v) is 5.81. The molecule has 1 unspecified atom stereocenters. The number of piperidine rings is 1. The van der Waals surface area contributed by atoms with Crippen LogP contribution in [0.1, 0.15) is 42.5 Å². The highest BCUT2D eigenvalue weighted by molar-refractivity contribution is 5.98. The molecular formula is C33H40N8O2. The molecule has 0 radical (unpaired) electrons. The molecular weight excluding hydrogens is 540 g/mol. The van der Waals surface area contributed by atoms with Crippen molar-refractivity contribution in [1.29, 1.82) is 0 Å². The van der Waals surface area contributed by atoms with Gasteiger partial charge in [-0.1, -0.05) is 36.9 Å². The molecule has 2 aromatic carbocycles. The van der Waals surface area contributed by atoms with Gasteiger partial charge in [0.1, 0.15) is 23.6 Å². The van der Waals surface area contributed by atoms with Crippen LogP contribution in [-0.2, 0) is 24.3 Å². The number of aliphatic imine (C=N–C) groups is 1. The van der Waals surface area contributed by atoms with Crippen molar-refractivity contribution in [3.8, 4) is 17.0 Å². The number of likely N-dealkylation sites (tertiary alicyclic amines) is 1. The lowest BCUT2D eigenvalue weighted by molar-refractivity contribution is -0.127. The van der Waals surface area contributed by atoms with E-state index in [1.807, 2.05) is 22.6 Å². The minimum absolute atomic E-state index is 0.00872. The van der Waals surface area contributed by atoms with Crippen LogP contribution in [0.15, 0.2) is 66.4 Å². The number of fused-ring (bicyclic) bond motifs is 2. The number of amides is 1. The minimum Gasteiger partial charge on any atom is -0.497 e. The molecule has 0 saturated carbocycles. The fourth-order valence-electron chi connectivity index (χ4n) is 5.81. The zero-order valence-corrected chi connectivity index (χ0v) is 25.2. The van der Waals surface area contributed by atoms with Crippen LogP contribution in [-0.4, -0.2) is 75.5 Å². The van der Waals surface area contributed by atoms with Gasteiger partial charge < -0.3 is 20.4 Å². The average molecular weight is 581 g/mol. The second-order valence-corrected chi connectivity index (χ2v) is 10.8. The van der Waals surface area contributed by atoms with E-state index in [0.717, 1.165) is 67.8 Å². The van der Waals surface area contributed by atoms with Crippen LogP contribution in [0.3, 0.4) is 0 Å². The molecule has 1 atom stereocenters. The Kier molecular flexibility index (Phi) is 9.46. The lowest BCUT2D eigenvalue weighted by atomic mass is 9.98. The molecule has 2 aliphatic heterocycles. The van der Waals surface area contributed by atoms with Crippen molar-refractivity contribution in [3.05, 3.63) is 78.1 Å². The average Bonchev–Trinajstić information content (AvgIpc) is 3.45. The minimum atomic E-state index is -0.0574. The normalized spacial score (nSPS) is 16.9. The summed E-state index contributed by atoms with van der Waals surface area (Å²) in [6.45, 7) is 9.64. The van der Waals surface area contributed by atoms with Crippen LogP contribution in [0.2, 0.25) is 0 Å². The number of hydrogen-bond acceptors (Lipinski definition) is 8. The monoisotopic (exact) mass is 580 g/mol. The summed E-state index contributed by atoms with van der Waals surface area (Å²) in [5.41, 5.74) is 12.8. The van der Waals surface area contributed by atoms with E-state index >= 15 is 0 Å². The van der Waals surface area contributed by atoms with E-state index in [1.165, 1.54) is 29.1 Å². The van der Waals surface area contributed by atoms with Gasteiger partial charge in [0, 0.05) is 45.3 Å². The van der Waals surface area contributed by atoms with Crippen molar-refractivity contribution in [3.63, 3.8) is 0 Å². The van der Waals surface area contributed by atoms with E-state index in [-0.39, 0.29) is 11.9 Å². The zero-order valence-electron chi connectivity index (χ0n) is 25.2. The zero-order chi connectivity index (χ0) is 30.3. The standard InChI is InChI=1S/C30H33N7O2.C3H7N/c1-3-26(38)36-13-4-5-24(18-36)37-30-27(29(31)32-19-33-30)28(34-37)21-8-6-20(7-9-21)16-35-14-12-22-15-25(39-2)11-10-23(22)17-35;1-3-4-2/h3,6-11,15,19,24H,1,4-5,12-14,16-18H2,2H3,(H2,31,32,33);3H,1-2H3. The summed E-state index contributed by atoms with van der Waals surface area (Å²) in [5.74, 6) is 1.27. The largest absolute Gasteiger partial charge is 0.497 e. The Hall–Kier alpha value is -4.57. The first-order valence-corrected chi connectivity index (χ1v) is 14.7. The van der Waals surface area contributed by atoms with Crippen LogP contribution >= 0.6 is 0 Å². The van der Waals surface area contributed by atoms with Gasteiger partial charge in [0.15, 0.2) is 5.65 Å². The predicted octanol–water partition coefficient (Wildman–Crippen LogP) is 4.70. The Morgan fingerprint density at radius 3 is 2.67 bits per heavy atom. The highest BCUT2D eigenvalue weighted by Crippen LogP contribution is 2.34.